The summed E-state index contributed by atoms with van der Waals surface area (Å²) >= 11 is 5.49. The minimum Gasteiger partial charge on any atom is -0.350 e. The van der Waals surface area contributed by atoms with Crippen LogP contribution in [0.15, 0.2) is 40.9 Å². The van der Waals surface area contributed by atoms with Gasteiger partial charge in [0.1, 0.15) is 5.69 Å². The minimum atomic E-state index is -0.859. The second kappa shape index (κ2) is 5.83. The predicted octanol–water partition coefficient (Wildman–Crippen LogP) is 4.84. The molecule has 0 saturated carbocycles. The Kier molecular flexibility index (Phi) is 4.35. The topological polar surface area (TPSA) is 55.2 Å². The smallest absolute Gasteiger partial charge is 0.327 e. The van der Waals surface area contributed by atoms with Crippen molar-refractivity contribution in [1.29, 1.82) is 0 Å². The Morgan fingerprint density at radius 1 is 1.32 bits per heavy atom. The molecule has 0 atom stereocenters. The van der Waals surface area contributed by atoms with Crippen LogP contribution in [0.3, 0.4) is 0 Å². The second-order valence-corrected chi connectivity index (χ2v) is 5.66. The molecule has 1 N–H and O–H groups in total. The summed E-state index contributed by atoms with van der Waals surface area (Å²) in [5.74, 6) is -0.859. The van der Waals surface area contributed by atoms with E-state index in [4.69, 9.17) is 0 Å². The van der Waals surface area contributed by atoms with Crippen LogP contribution in [0.2, 0.25) is 0 Å². The third-order valence-corrected chi connectivity index (χ3v) is 4.69. The quantitative estimate of drug-likeness (QED) is 0.425. The van der Waals surface area contributed by atoms with Gasteiger partial charge in [-0.3, -0.25) is 10.1 Å². The third-order valence-electron chi connectivity index (χ3n) is 2.37. The number of hydrogen-bond donors (Lipinski definition) is 1. The zero-order chi connectivity index (χ0) is 14.0. The van der Waals surface area contributed by atoms with Gasteiger partial charge in [0.05, 0.1) is 4.92 Å². The number of para-hydroxylation sites is 1. The van der Waals surface area contributed by atoms with Crippen LogP contribution in [0.25, 0.3) is 0 Å². The van der Waals surface area contributed by atoms with E-state index in [0.717, 1.165) is 14.1 Å². The lowest BCUT2D eigenvalue weighted by atomic mass is 10.2. The molecule has 7 heteroatoms. The van der Waals surface area contributed by atoms with Gasteiger partial charge in [-0.1, -0.05) is 6.07 Å². The van der Waals surface area contributed by atoms with Crippen LogP contribution >= 0.6 is 38.5 Å². The van der Waals surface area contributed by atoms with Crippen molar-refractivity contribution in [2.45, 2.75) is 0 Å². The normalized spacial score (nSPS) is 10.3. The van der Waals surface area contributed by atoms with E-state index in [1.807, 2.05) is 6.07 Å². The molecule has 2 aromatic carbocycles. The van der Waals surface area contributed by atoms with Gasteiger partial charge in [-0.05, 0) is 68.9 Å². The van der Waals surface area contributed by atoms with Crippen molar-refractivity contribution in [1.82, 2.24) is 0 Å². The fourth-order valence-corrected chi connectivity index (χ4v) is 2.29. The molecule has 0 aliphatic rings. The molecule has 0 aliphatic carbocycles. The van der Waals surface area contributed by atoms with Gasteiger partial charge in [-0.15, -0.1) is 0 Å². The van der Waals surface area contributed by atoms with Crippen LogP contribution in [-0.2, 0) is 0 Å². The zero-order valence-electron chi connectivity index (χ0n) is 9.36. The van der Waals surface area contributed by atoms with Gasteiger partial charge in [-0.2, -0.15) is 4.39 Å². The number of halogens is 3. The number of hydrogen-bond acceptors (Lipinski definition) is 3. The SMILES string of the molecule is O=[N+]([O-])c1c(F)cccc1Nc1ccc(Br)c(I)c1. The first-order valence-corrected chi connectivity index (χ1v) is 7.01. The van der Waals surface area contributed by atoms with E-state index < -0.39 is 16.4 Å². The largest absolute Gasteiger partial charge is 0.350 e. The molecule has 0 saturated heterocycles. The highest BCUT2D eigenvalue weighted by Crippen LogP contribution is 2.31. The molecule has 0 amide bonds. The number of nitrogens with zero attached hydrogens (tertiary/aromatic N) is 1. The minimum absolute atomic E-state index is 0.128. The van der Waals surface area contributed by atoms with Gasteiger partial charge in [0.25, 0.3) is 0 Å². The Balaban J connectivity index is 2.40. The van der Waals surface area contributed by atoms with Crippen LogP contribution in [0.1, 0.15) is 0 Å². The summed E-state index contributed by atoms with van der Waals surface area (Å²) in [6, 6.07) is 9.33. The molecule has 0 heterocycles. The highest BCUT2D eigenvalue weighted by atomic mass is 127. The number of nitro benzene ring substituents is 1. The van der Waals surface area contributed by atoms with Crippen molar-refractivity contribution in [3.05, 3.63) is 60.4 Å². The van der Waals surface area contributed by atoms with Crippen molar-refractivity contribution >= 4 is 55.6 Å². The molecule has 0 unspecified atom stereocenters. The van der Waals surface area contributed by atoms with E-state index in [0.29, 0.717) is 5.69 Å². The van der Waals surface area contributed by atoms with Crippen molar-refractivity contribution in [2.75, 3.05) is 5.32 Å². The van der Waals surface area contributed by atoms with Gasteiger partial charge < -0.3 is 5.32 Å². The maximum Gasteiger partial charge on any atom is 0.327 e. The number of benzene rings is 2. The molecule has 0 aliphatic heterocycles. The van der Waals surface area contributed by atoms with Gasteiger partial charge in [0, 0.05) is 13.7 Å². The van der Waals surface area contributed by atoms with E-state index in [2.05, 4.69) is 43.8 Å². The summed E-state index contributed by atoms with van der Waals surface area (Å²) in [4.78, 5) is 10.1. The molecule has 0 spiro atoms. The summed E-state index contributed by atoms with van der Waals surface area (Å²) < 4.78 is 15.3. The molecular weight excluding hydrogens is 430 g/mol. The lowest BCUT2D eigenvalue weighted by Crippen LogP contribution is -1.99. The maximum atomic E-state index is 13.5. The van der Waals surface area contributed by atoms with Gasteiger partial charge in [0.2, 0.25) is 5.82 Å². The molecule has 98 valence electrons. The average molecular weight is 437 g/mol. The lowest BCUT2D eigenvalue weighted by molar-refractivity contribution is -0.386. The number of anilines is 2. The van der Waals surface area contributed by atoms with Gasteiger partial charge in [-0.25, -0.2) is 0 Å². The summed E-state index contributed by atoms with van der Waals surface area (Å²) in [6.07, 6.45) is 0. The highest BCUT2D eigenvalue weighted by Gasteiger charge is 2.19. The van der Waals surface area contributed by atoms with E-state index in [-0.39, 0.29) is 5.69 Å². The first-order chi connectivity index (χ1) is 8.99. The number of nitro groups is 1. The predicted molar refractivity (Wildman–Crippen MR) is 83.2 cm³/mol. The van der Waals surface area contributed by atoms with Crippen LogP contribution in [0.5, 0.6) is 0 Å². The molecule has 2 rings (SSSR count). The molecule has 0 aromatic heterocycles. The third kappa shape index (κ3) is 3.21. The van der Waals surface area contributed by atoms with Crippen molar-refractivity contribution < 1.29 is 9.31 Å². The summed E-state index contributed by atoms with van der Waals surface area (Å²) in [5.41, 5.74) is 0.227. The summed E-state index contributed by atoms with van der Waals surface area (Å²) in [7, 11) is 0. The molecular formula is C12H7BrFIN2O2. The van der Waals surface area contributed by atoms with Crippen molar-refractivity contribution in [3.8, 4) is 0 Å². The van der Waals surface area contributed by atoms with Crippen LogP contribution in [0, 0.1) is 19.5 Å². The molecule has 0 bridgehead atoms. The molecule has 4 nitrogen and oxygen atoms in total. The van der Waals surface area contributed by atoms with E-state index in [9.17, 15) is 14.5 Å². The standard InChI is InChI=1S/C12H7BrFIN2O2/c13-8-5-4-7(6-10(8)15)16-11-3-1-2-9(14)12(11)17(18)19/h1-6,16H. The Bertz CT molecular complexity index is 652. The fourth-order valence-electron chi connectivity index (χ4n) is 1.53. The summed E-state index contributed by atoms with van der Waals surface area (Å²) in [5, 5.41) is 13.7. The zero-order valence-corrected chi connectivity index (χ0v) is 13.1. The second-order valence-electron chi connectivity index (χ2n) is 3.65. The van der Waals surface area contributed by atoms with Crippen molar-refractivity contribution in [3.63, 3.8) is 0 Å². The molecule has 19 heavy (non-hydrogen) atoms. The monoisotopic (exact) mass is 436 g/mol. The van der Waals surface area contributed by atoms with Crippen LogP contribution < -0.4 is 5.32 Å². The highest BCUT2D eigenvalue weighted by molar-refractivity contribution is 14.1. The Morgan fingerprint density at radius 2 is 2.05 bits per heavy atom. The van der Waals surface area contributed by atoms with Gasteiger partial charge >= 0.3 is 5.69 Å². The molecule has 0 radical (unpaired) electrons. The van der Waals surface area contributed by atoms with Gasteiger partial charge in [0.15, 0.2) is 0 Å². The average Bonchev–Trinajstić information content (AvgIpc) is 2.33. The molecule has 0 fully saturated rings. The number of nitrogens with one attached hydrogen (secondary N) is 1. The summed E-state index contributed by atoms with van der Waals surface area (Å²) in [6.45, 7) is 0. The maximum absolute atomic E-state index is 13.5. The molecule has 2 aromatic rings. The Labute approximate surface area is 130 Å². The van der Waals surface area contributed by atoms with E-state index in [1.165, 1.54) is 12.1 Å². The first-order valence-electron chi connectivity index (χ1n) is 5.14. The van der Waals surface area contributed by atoms with E-state index >= 15 is 0 Å². The number of rotatable bonds is 3. The van der Waals surface area contributed by atoms with Crippen LogP contribution in [0.4, 0.5) is 21.5 Å². The fraction of sp³-hybridized carbons (Fsp3) is 0. The Hall–Kier alpha value is -1.22. The van der Waals surface area contributed by atoms with Crippen molar-refractivity contribution in [2.24, 2.45) is 0 Å². The Morgan fingerprint density at radius 3 is 2.68 bits per heavy atom. The van der Waals surface area contributed by atoms with Crippen LogP contribution in [-0.4, -0.2) is 4.92 Å². The lowest BCUT2D eigenvalue weighted by Gasteiger charge is -2.08. The van der Waals surface area contributed by atoms with E-state index in [1.54, 1.807) is 12.1 Å². The first kappa shape index (κ1) is 14.2.